The summed E-state index contributed by atoms with van der Waals surface area (Å²) in [5, 5.41) is 15.7. The molecule has 1 unspecified atom stereocenters. The first kappa shape index (κ1) is 19.1. The fourth-order valence-corrected chi connectivity index (χ4v) is 0.729. The molecular weight excluding hydrogens is 283 g/mol. The summed E-state index contributed by atoms with van der Waals surface area (Å²) in [4.78, 5) is 9.31. The minimum absolute atomic E-state index is 0. The van der Waals surface area contributed by atoms with E-state index in [1.54, 1.807) is 6.92 Å². The first-order chi connectivity index (χ1) is 5.58. The Hall–Kier alpha value is 0.504. The molecule has 1 radical (unpaired) electrons. The van der Waals surface area contributed by atoms with Crippen LogP contribution in [0.25, 0.3) is 0 Å². The largest absolute Gasteiger partial charge is 0.483 e. The van der Waals surface area contributed by atoms with Crippen LogP contribution >= 0.6 is 24.0 Å². The molecule has 0 heterocycles. The third kappa shape index (κ3) is 24.5. The number of aliphatic carboxylic acids is 1. The summed E-state index contributed by atoms with van der Waals surface area (Å²) in [5.74, 6) is -0.856. The van der Waals surface area contributed by atoms with E-state index in [-0.39, 0.29) is 44.4 Å². The van der Waals surface area contributed by atoms with E-state index in [9.17, 15) is 4.79 Å². The fraction of sp³-hybridized carbons (Fsp3) is 0.429. The molecule has 0 aliphatic rings. The van der Waals surface area contributed by atoms with E-state index in [4.69, 9.17) is 10.4 Å². The van der Waals surface area contributed by atoms with Gasteiger partial charge in [0.1, 0.15) is 0 Å². The van der Waals surface area contributed by atoms with Crippen molar-refractivity contribution < 1.29 is 42.6 Å². The zero-order valence-corrected chi connectivity index (χ0v) is 11.7. The quantitative estimate of drug-likeness (QED) is 0.634. The van der Waals surface area contributed by atoms with Crippen LogP contribution in [0.3, 0.4) is 0 Å². The first-order valence-corrected chi connectivity index (χ1v) is 4.30. The average molecular weight is 292 g/mol. The van der Waals surface area contributed by atoms with Crippen LogP contribution in [-0.4, -0.2) is 21.0 Å². The molecule has 71 valence electrons. The zero-order chi connectivity index (χ0) is 9.98. The van der Waals surface area contributed by atoms with Gasteiger partial charge in [-0.2, -0.15) is 5.26 Å². The maximum Gasteiger partial charge on any atom is 0.272 e. The smallest absolute Gasteiger partial charge is 0.272 e. The molecule has 0 rings (SSSR count). The van der Waals surface area contributed by atoms with Gasteiger partial charge < -0.3 is 40.7 Å². The third-order valence-corrected chi connectivity index (χ3v) is 1.46. The number of carboxylic acids is 1. The van der Waals surface area contributed by atoms with Crippen molar-refractivity contribution in [3.05, 3.63) is 6.92 Å². The van der Waals surface area contributed by atoms with Crippen molar-refractivity contribution >= 4 is 34.6 Å². The molecule has 0 aromatic heterocycles. The second-order valence-electron chi connectivity index (χ2n) is 1.62. The Morgan fingerprint density at radius 1 is 1.92 bits per heavy atom. The molecule has 0 aromatic carbocycles. The number of rotatable bonds is 3. The fourth-order valence-electron chi connectivity index (χ4n) is 0.0985. The summed E-state index contributed by atoms with van der Waals surface area (Å²) in [7, 11) is 0. The summed E-state index contributed by atoms with van der Waals surface area (Å²) in [6.07, 6.45) is -0.0278. The predicted molar refractivity (Wildman–Crippen MR) is 52.9 cm³/mol. The number of hydrogen-bond donors (Lipinski definition) is 1. The molecule has 0 aliphatic carbocycles. The van der Waals surface area contributed by atoms with E-state index in [0.29, 0.717) is 0 Å². The van der Waals surface area contributed by atoms with Crippen LogP contribution in [0.1, 0.15) is 13.3 Å². The number of hydrogen-bond acceptors (Lipinski definition) is 4. The Bertz CT molecular complexity index is 182. The van der Waals surface area contributed by atoms with Crippen LogP contribution in [0.2, 0.25) is 0 Å². The van der Waals surface area contributed by atoms with Gasteiger partial charge in [-0.05, 0) is 6.92 Å². The molecule has 0 aliphatic heterocycles. The summed E-state index contributed by atoms with van der Waals surface area (Å²) in [6.45, 7) is 4.87. The van der Waals surface area contributed by atoms with Crippen molar-refractivity contribution in [1.29, 1.82) is 5.26 Å². The Morgan fingerprint density at radius 3 is 2.38 bits per heavy atom. The molecule has 13 heavy (non-hydrogen) atoms. The van der Waals surface area contributed by atoms with Crippen LogP contribution in [0.5, 0.6) is 0 Å². The van der Waals surface area contributed by atoms with Crippen LogP contribution in [-0.2, 0) is 37.5 Å². The second kappa shape index (κ2) is 15.0. The van der Waals surface area contributed by atoms with Crippen LogP contribution in [0.15, 0.2) is 0 Å². The molecule has 6 heteroatoms. The Balaban J connectivity index is -0.000000150. The Kier molecular flexibility index (Phi) is 22.1. The maximum atomic E-state index is 9.31. The van der Waals surface area contributed by atoms with E-state index in [0.717, 1.165) is 0 Å². The predicted octanol–water partition coefficient (Wildman–Crippen LogP) is 1.76. The molecule has 0 bridgehead atoms. The topological polar surface area (TPSA) is 61.1 Å². The van der Waals surface area contributed by atoms with Crippen molar-refractivity contribution in [2.75, 3.05) is 0 Å². The molecule has 0 fully saturated rings. The van der Waals surface area contributed by atoms with Gasteiger partial charge in [0.15, 0.2) is 0 Å². The number of nitriles is 1. The monoisotopic (exact) mass is 292 g/mol. The summed E-state index contributed by atoms with van der Waals surface area (Å²) >= 11 is 5.59. The van der Waals surface area contributed by atoms with Crippen molar-refractivity contribution in [3.8, 4) is 6.07 Å². The minimum Gasteiger partial charge on any atom is -0.483 e. The molecule has 0 saturated heterocycles. The Labute approximate surface area is 113 Å². The summed E-state index contributed by atoms with van der Waals surface area (Å²) in [5.41, 5.74) is 0. The van der Waals surface area contributed by atoms with Gasteiger partial charge in [-0.15, -0.1) is 0 Å². The molecular formula is C7H9NO2S2Y-2. The van der Waals surface area contributed by atoms with Gasteiger partial charge in [0.05, 0.1) is 11.3 Å². The van der Waals surface area contributed by atoms with Crippen LogP contribution in [0.4, 0.5) is 0 Å². The SMILES string of the molecule is CC(C#N)S[C-]=S.[CH2-]CC(=O)O.[Y]. The first-order valence-electron chi connectivity index (χ1n) is 3.01. The van der Waals surface area contributed by atoms with Gasteiger partial charge in [0.2, 0.25) is 0 Å². The van der Waals surface area contributed by atoms with Gasteiger partial charge in [-0.1, -0.05) is 6.42 Å². The average Bonchev–Trinajstić information content (AvgIpc) is 2.06. The van der Waals surface area contributed by atoms with E-state index < -0.39 is 5.97 Å². The molecule has 1 atom stereocenters. The standard InChI is InChI=1S/C4H4NS2.C3H5O2.Y/c1-4(2-5)7-3-6;1-2-3(4)5;/h4H,1H3;1-2H2,(H,4,5);/q2*-1;. The number of carboxylic acid groups (broad SMARTS) is 1. The van der Waals surface area contributed by atoms with E-state index in [2.05, 4.69) is 23.8 Å². The zero-order valence-electron chi connectivity index (χ0n) is 7.19. The van der Waals surface area contributed by atoms with Gasteiger partial charge in [-0.25, -0.2) is 0 Å². The van der Waals surface area contributed by atoms with Crippen molar-refractivity contribution in [1.82, 2.24) is 0 Å². The summed E-state index contributed by atoms with van der Waals surface area (Å²) in [6, 6.07) is 2.00. The van der Waals surface area contributed by atoms with Crippen LogP contribution < -0.4 is 0 Å². The van der Waals surface area contributed by atoms with E-state index in [1.807, 2.05) is 6.07 Å². The van der Waals surface area contributed by atoms with E-state index >= 15 is 0 Å². The van der Waals surface area contributed by atoms with E-state index in [1.165, 1.54) is 11.8 Å². The molecule has 0 saturated carbocycles. The van der Waals surface area contributed by atoms with Gasteiger partial charge in [0.25, 0.3) is 5.97 Å². The third-order valence-electron chi connectivity index (χ3n) is 0.621. The Morgan fingerprint density at radius 2 is 2.31 bits per heavy atom. The van der Waals surface area contributed by atoms with Gasteiger partial charge in [-0.3, -0.25) is 4.79 Å². The number of carbonyl (C=O) groups is 1. The van der Waals surface area contributed by atoms with Crippen LogP contribution in [0, 0.1) is 18.3 Å². The minimum atomic E-state index is -0.856. The molecule has 0 amide bonds. The van der Waals surface area contributed by atoms with Crippen molar-refractivity contribution in [2.24, 2.45) is 0 Å². The molecule has 3 nitrogen and oxygen atoms in total. The molecule has 0 spiro atoms. The molecule has 0 aromatic rings. The van der Waals surface area contributed by atoms with Crippen molar-refractivity contribution in [2.45, 2.75) is 18.6 Å². The number of nitrogens with zero attached hydrogens (tertiary/aromatic N) is 1. The number of thiocarbonyl (C=S) groups is 1. The van der Waals surface area contributed by atoms with Gasteiger partial charge >= 0.3 is 0 Å². The normalized spacial score (nSPS) is 9.31. The van der Waals surface area contributed by atoms with Crippen molar-refractivity contribution in [3.63, 3.8) is 0 Å². The second-order valence-corrected chi connectivity index (χ2v) is 3.23. The summed E-state index contributed by atoms with van der Waals surface area (Å²) < 4.78 is 2.40. The van der Waals surface area contributed by atoms with Gasteiger partial charge in [0, 0.05) is 32.7 Å². The molecule has 1 N–H and O–H groups in total. The number of thioether (sulfide) groups is 1. The maximum absolute atomic E-state index is 9.31.